The Hall–Kier alpha value is -3.19. The van der Waals surface area contributed by atoms with Gasteiger partial charge in [0, 0.05) is 41.0 Å². The lowest BCUT2D eigenvalue weighted by atomic mass is 9.95. The summed E-state index contributed by atoms with van der Waals surface area (Å²) in [7, 11) is 0. The summed E-state index contributed by atoms with van der Waals surface area (Å²) < 4.78 is 7.71. The maximum atomic E-state index is 12.7. The van der Waals surface area contributed by atoms with Gasteiger partial charge in [-0.1, -0.05) is 6.07 Å². The van der Waals surface area contributed by atoms with E-state index in [4.69, 9.17) is 4.74 Å². The maximum absolute atomic E-state index is 12.7. The Balaban J connectivity index is 1.89. The van der Waals surface area contributed by atoms with E-state index >= 15 is 0 Å². The van der Waals surface area contributed by atoms with Crippen LogP contribution in [0, 0.1) is 0 Å². The van der Waals surface area contributed by atoms with Gasteiger partial charge in [0.1, 0.15) is 5.56 Å². The van der Waals surface area contributed by atoms with E-state index < -0.39 is 11.4 Å². The van der Waals surface area contributed by atoms with Crippen LogP contribution in [0.3, 0.4) is 0 Å². The van der Waals surface area contributed by atoms with E-state index in [9.17, 15) is 19.5 Å². The number of pyridine rings is 2. The molecule has 7 nitrogen and oxygen atoms in total. The van der Waals surface area contributed by atoms with Gasteiger partial charge in [0.15, 0.2) is 0 Å². The van der Waals surface area contributed by atoms with E-state index in [1.807, 2.05) is 10.6 Å². The zero-order valence-corrected chi connectivity index (χ0v) is 14.3. The molecule has 1 aromatic carbocycles. The van der Waals surface area contributed by atoms with Crippen LogP contribution in [0.4, 0.5) is 0 Å². The molecule has 1 aliphatic carbocycles. The molecule has 0 radical (unpaired) electrons. The molecule has 0 unspecified atom stereocenters. The number of aromatic nitrogens is 2. The number of aromatic carboxylic acids is 1. The van der Waals surface area contributed by atoms with Gasteiger partial charge in [-0.25, -0.2) is 4.79 Å². The third kappa shape index (κ3) is 2.43. The summed E-state index contributed by atoms with van der Waals surface area (Å²) in [5.74, 6) is -1.22. The third-order valence-electron chi connectivity index (χ3n) is 5.27. The molecule has 1 aliphatic heterocycles. The average Bonchev–Trinajstić information content (AvgIpc) is 3.47. The second-order valence-corrected chi connectivity index (χ2v) is 7.03. The molecule has 27 heavy (non-hydrogen) atoms. The average molecular weight is 364 g/mol. The summed E-state index contributed by atoms with van der Waals surface area (Å²) in [4.78, 5) is 38.6. The quantitative estimate of drug-likeness (QED) is 0.727. The number of nitrogens with zero attached hydrogens (tertiary/aromatic N) is 1. The molecular formula is C20H16N2O5. The number of ether oxygens (including phenoxy) is 1. The van der Waals surface area contributed by atoms with Crippen molar-refractivity contribution in [3.8, 4) is 11.1 Å². The van der Waals surface area contributed by atoms with Crippen molar-refractivity contribution in [2.24, 2.45) is 0 Å². The zero-order valence-electron chi connectivity index (χ0n) is 14.3. The monoisotopic (exact) mass is 364 g/mol. The molecule has 136 valence electrons. The SMILES string of the molecule is O=C(O)c1cn(C2CC2)c2c3c(ccc2c1=O)-c1c[nH]c(=O)cc1COC3. The lowest BCUT2D eigenvalue weighted by Crippen LogP contribution is -2.19. The molecule has 0 saturated heterocycles. The Morgan fingerprint density at radius 2 is 2.00 bits per heavy atom. The van der Waals surface area contributed by atoms with Gasteiger partial charge in [-0.05, 0) is 30.0 Å². The van der Waals surface area contributed by atoms with Crippen molar-refractivity contribution >= 4 is 16.9 Å². The van der Waals surface area contributed by atoms with Crippen LogP contribution in [0.2, 0.25) is 0 Å². The fraction of sp³-hybridized carbons (Fsp3) is 0.250. The van der Waals surface area contributed by atoms with Gasteiger partial charge >= 0.3 is 5.97 Å². The summed E-state index contributed by atoms with van der Waals surface area (Å²) >= 11 is 0. The normalized spacial score (nSPS) is 15.9. The number of carboxylic acids is 1. The molecule has 2 N–H and O–H groups in total. The molecule has 2 aromatic heterocycles. The molecule has 3 heterocycles. The molecule has 3 aromatic rings. The Morgan fingerprint density at radius 1 is 1.19 bits per heavy atom. The number of hydrogen-bond acceptors (Lipinski definition) is 4. The van der Waals surface area contributed by atoms with Crippen LogP contribution in [0.1, 0.15) is 40.4 Å². The zero-order chi connectivity index (χ0) is 18.7. The van der Waals surface area contributed by atoms with Gasteiger partial charge in [-0.15, -0.1) is 0 Å². The van der Waals surface area contributed by atoms with Crippen molar-refractivity contribution < 1.29 is 14.6 Å². The smallest absolute Gasteiger partial charge is 0.341 e. The number of H-pyrrole nitrogens is 1. The maximum Gasteiger partial charge on any atom is 0.341 e. The number of rotatable bonds is 2. The van der Waals surface area contributed by atoms with Crippen LogP contribution in [0.25, 0.3) is 22.0 Å². The van der Waals surface area contributed by atoms with Crippen LogP contribution in [0.5, 0.6) is 0 Å². The van der Waals surface area contributed by atoms with Crippen LogP contribution in [-0.2, 0) is 18.0 Å². The van der Waals surface area contributed by atoms with Crippen molar-refractivity contribution in [3.05, 3.63) is 67.9 Å². The Labute approximate surface area is 152 Å². The lowest BCUT2D eigenvalue weighted by molar-refractivity contribution is 0.0695. The molecule has 1 saturated carbocycles. The van der Waals surface area contributed by atoms with Crippen molar-refractivity contribution in [1.29, 1.82) is 0 Å². The number of benzene rings is 1. The highest BCUT2D eigenvalue weighted by atomic mass is 16.5. The molecule has 5 rings (SSSR count). The van der Waals surface area contributed by atoms with Crippen LogP contribution in [0.15, 0.2) is 40.2 Å². The first-order chi connectivity index (χ1) is 13.0. The Bertz CT molecular complexity index is 1230. The predicted molar refractivity (Wildman–Crippen MR) is 98.0 cm³/mol. The van der Waals surface area contributed by atoms with Crippen molar-refractivity contribution in [2.45, 2.75) is 32.1 Å². The van der Waals surface area contributed by atoms with Crippen LogP contribution < -0.4 is 11.0 Å². The van der Waals surface area contributed by atoms with E-state index in [0.717, 1.165) is 40.6 Å². The fourth-order valence-corrected chi connectivity index (χ4v) is 3.86. The van der Waals surface area contributed by atoms with Gasteiger partial charge in [0.05, 0.1) is 18.7 Å². The topological polar surface area (TPSA) is 101 Å². The Kier molecular flexibility index (Phi) is 3.35. The van der Waals surface area contributed by atoms with E-state index in [1.165, 1.54) is 12.3 Å². The number of nitrogens with one attached hydrogen (secondary N) is 1. The van der Waals surface area contributed by atoms with E-state index in [-0.39, 0.29) is 23.8 Å². The summed E-state index contributed by atoms with van der Waals surface area (Å²) in [6.07, 6.45) is 5.03. The molecule has 0 atom stereocenters. The van der Waals surface area contributed by atoms with Crippen molar-refractivity contribution in [1.82, 2.24) is 9.55 Å². The van der Waals surface area contributed by atoms with Gasteiger partial charge in [0.2, 0.25) is 11.0 Å². The molecule has 1 fully saturated rings. The second-order valence-electron chi connectivity index (χ2n) is 7.03. The number of carboxylic acid groups (broad SMARTS) is 1. The minimum atomic E-state index is -1.22. The van der Waals surface area contributed by atoms with E-state index in [2.05, 4.69) is 4.98 Å². The predicted octanol–water partition coefficient (Wildman–Crippen LogP) is 2.42. The first kappa shape index (κ1) is 16.0. The first-order valence-corrected chi connectivity index (χ1v) is 8.78. The minimum Gasteiger partial charge on any atom is -0.477 e. The van der Waals surface area contributed by atoms with Crippen molar-refractivity contribution in [2.75, 3.05) is 0 Å². The highest BCUT2D eigenvalue weighted by Crippen LogP contribution is 2.40. The van der Waals surface area contributed by atoms with Gasteiger partial charge in [-0.2, -0.15) is 0 Å². The van der Waals surface area contributed by atoms with Crippen molar-refractivity contribution in [3.63, 3.8) is 0 Å². The number of aromatic amines is 1. The molecule has 0 bridgehead atoms. The van der Waals surface area contributed by atoms with E-state index in [1.54, 1.807) is 12.3 Å². The summed E-state index contributed by atoms with van der Waals surface area (Å²) in [6.45, 7) is 0.588. The first-order valence-electron chi connectivity index (χ1n) is 8.78. The Morgan fingerprint density at radius 3 is 2.74 bits per heavy atom. The third-order valence-corrected chi connectivity index (χ3v) is 5.27. The van der Waals surface area contributed by atoms with Gasteiger partial charge in [0.25, 0.3) is 0 Å². The molecule has 0 amide bonds. The van der Waals surface area contributed by atoms with Crippen LogP contribution in [-0.4, -0.2) is 20.6 Å². The van der Waals surface area contributed by atoms with E-state index in [0.29, 0.717) is 12.0 Å². The number of hydrogen-bond donors (Lipinski definition) is 2. The lowest BCUT2D eigenvalue weighted by Gasteiger charge is -2.17. The molecule has 7 heteroatoms. The fourth-order valence-electron chi connectivity index (χ4n) is 3.86. The second kappa shape index (κ2) is 5.65. The minimum absolute atomic E-state index is 0.191. The van der Waals surface area contributed by atoms with Gasteiger partial charge < -0.3 is 19.4 Å². The highest BCUT2D eigenvalue weighted by Gasteiger charge is 2.29. The van der Waals surface area contributed by atoms with Crippen LogP contribution >= 0.6 is 0 Å². The number of carbonyl (C=O) groups is 1. The summed E-state index contributed by atoms with van der Waals surface area (Å²) in [6, 6.07) is 5.21. The number of fused-ring (bicyclic) bond motifs is 5. The summed E-state index contributed by atoms with van der Waals surface area (Å²) in [5.41, 5.74) is 3.23. The largest absolute Gasteiger partial charge is 0.477 e. The standard InChI is InChI=1S/C20H16N2O5/c23-17-5-10-8-27-9-16-12(14(10)6-21-17)3-4-13-18(16)22(11-1-2-11)7-15(19(13)24)20(25)26/h3-7,11H,1-2,8-9H2,(H,21,23)(H,25,26). The summed E-state index contributed by atoms with van der Waals surface area (Å²) in [5, 5.41) is 9.81. The molecule has 0 spiro atoms. The molecular weight excluding hydrogens is 348 g/mol. The van der Waals surface area contributed by atoms with Gasteiger partial charge in [-0.3, -0.25) is 9.59 Å². The molecule has 2 aliphatic rings. The highest BCUT2D eigenvalue weighted by molar-refractivity contribution is 5.96.